The summed E-state index contributed by atoms with van der Waals surface area (Å²) in [4.78, 5) is 14.4. The lowest BCUT2D eigenvalue weighted by Crippen LogP contribution is -2.32. The van der Waals surface area contributed by atoms with Crippen LogP contribution in [0.4, 0.5) is 5.69 Å². The van der Waals surface area contributed by atoms with E-state index >= 15 is 0 Å². The van der Waals surface area contributed by atoms with Gasteiger partial charge in [0.15, 0.2) is 0 Å². The molecule has 0 spiro atoms. The van der Waals surface area contributed by atoms with Gasteiger partial charge in [-0.15, -0.1) is 0 Å². The van der Waals surface area contributed by atoms with Gasteiger partial charge in [0.25, 0.3) is 0 Å². The second-order valence-corrected chi connectivity index (χ2v) is 5.54. The van der Waals surface area contributed by atoms with Gasteiger partial charge in [-0.05, 0) is 31.2 Å². The Hall–Kier alpha value is -2.33. The van der Waals surface area contributed by atoms with E-state index in [1.54, 1.807) is 7.11 Å². The summed E-state index contributed by atoms with van der Waals surface area (Å²) in [6.07, 6.45) is 0. The van der Waals surface area contributed by atoms with Gasteiger partial charge in [-0.3, -0.25) is 9.69 Å². The van der Waals surface area contributed by atoms with Gasteiger partial charge in [0.05, 0.1) is 19.3 Å². The zero-order valence-electron chi connectivity index (χ0n) is 14.0. The van der Waals surface area contributed by atoms with Crippen molar-refractivity contribution in [3.05, 3.63) is 59.7 Å². The minimum atomic E-state index is -0.0385. The molecular formula is C19H24N2O2. The van der Waals surface area contributed by atoms with Crippen molar-refractivity contribution in [2.24, 2.45) is 0 Å². The number of nitrogens with zero attached hydrogens (tertiary/aromatic N) is 1. The molecule has 4 nitrogen and oxygen atoms in total. The van der Waals surface area contributed by atoms with Crippen molar-refractivity contribution in [2.45, 2.75) is 20.4 Å². The van der Waals surface area contributed by atoms with Crippen LogP contribution < -0.4 is 10.1 Å². The van der Waals surface area contributed by atoms with Gasteiger partial charge in [0.1, 0.15) is 5.75 Å². The molecule has 0 saturated carbocycles. The van der Waals surface area contributed by atoms with E-state index in [4.69, 9.17) is 4.74 Å². The molecule has 2 rings (SSSR count). The van der Waals surface area contributed by atoms with Crippen molar-refractivity contribution in [3.63, 3.8) is 0 Å². The van der Waals surface area contributed by atoms with E-state index in [2.05, 4.69) is 48.3 Å². The number of nitrogens with one attached hydrogen (secondary N) is 1. The second-order valence-electron chi connectivity index (χ2n) is 5.54. The lowest BCUT2D eigenvalue weighted by Gasteiger charge is -2.20. The van der Waals surface area contributed by atoms with Gasteiger partial charge in [-0.2, -0.15) is 0 Å². The zero-order chi connectivity index (χ0) is 16.7. The quantitative estimate of drug-likeness (QED) is 0.851. The number of benzene rings is 2. The van der Waals surface area contributed by atoms with E-state index in [0.717, 1.165) is 13.1 Å². The molecule has 0 bridgehead atoms. The van der Waals surface area contributed by atoms with Crippen LogP contribution in [-0.4, -0.2) is 31.0 Å². The summed E-state index contributed by atoms with van der Waals surface area (Å²) in [5.41, 5.74) is 3.15. The smallest absolute Gasteiger partial charge is 0.238 e. The van der Waals surface area contributed by atoms with Gasteiger partial charge in [-0.1, -0.05) is 48.9 Å². The molecule has 0 aromatic heterocycles. The summed E-state index contributed by atoms with van der Waals surface area (Å²) >= 11 is 0. The SMILES string of the molecule is CCN(CC(=O)Nc1ccccc1OC)Cc1ccc(C)cc1. The fourth-order valence-corrected chi connectivity index (χ4v) is 2.37. The standard InChI is InChI=1S/C19H24N2O2/c1-4-21(13-16-11-9-15(2)10-12-16)14-19(22)20-17-7-5-6-8-18(17)23-3/h5-12H,4,13-14H2,1-3H3,(H,20,22). The molecule has 122 valence electrons. The highest BCUT2D eigenvalue weighted by Gasteiger charge is 2.11. The van der Waals surface area contributed by atoms with E-state index in [9.17, 15) is 4.79 Å². The molecule has 0 aliphatic carbocycles. The molecule has 0 radical (unpaired) electrons. The first-order valence-corrected chi connectivity index (χ1v) is 7.83. The number of para-hydroxylation sites is 2. The third-order valence-electron chi connectivity index (χ3n) is 3.72. The molecule has 0 aliphatic heterocycles. The molecule has 2 aromatic rings. The number of rotatable bonds is 7. The van der Waals surface area contributed by atoms with Gasteiger partial charge < -0.3 is 10.1 Å². The van der Waals surface area contributed by atoms with Gasteiger partial charge in [0.2, 0.25) is 5.91 Å². The highest BCUT2D eigenvalue weighted by atomic mass is 16.5. The fourth-order valence-electron chi connectivity index (χ4n) is 2.37. The molecule has 0 unspecified atom stereocenters. The summed E-state index contributed by atoms with van der Waals surface area (Å²) in [6, 6.07) is 15.8. The fraction of sp³-hybridized carbons (Fsp3) is 0.316. The first-order valence-electron chi connectivity index (χ1n) is 7.83. The number of hydrogen-bond acceptors (Lipinski definition) is 3. The van der Waals surface area contributed by atoms with Crippen LogP contribution in [0.3, 0.4) is 0 Å². The molecule has 4 heteroatoms. The first-order chi connectivity index (χ1) is 11.1. The van der Waals surface area contributed by atoms with Crippen molar-refractivity contribution >= 4 is 11.6 Å². The largest absolute Gasteiger partial charge is 0.495 e. The molecule has 2 aromatic carbocycles. The van der Waals surface area contributed by atoms with E-state index in [1.807, 2.05) is 24.3 Å². The third kappa shape index (κ3) is 5.11. The van der Waals surface area contributed by atoms with Crippen molar-refractivity contribution in [3.8, 4) is 5.75 Å². The predicted molar refractivity (Wildman–Crippen MR) is 93.8 cm³/mol. The van der Waals surface area contributed by atoms with Crippen LogP contribution in [0.15, 0.2) is 48.5 Å². The van der Waals surface area contributed by atoms with Crippen LogP contribution in [-0.2, 0) is 11.3 Å². The van der Waals surface area contributed by atoms with Crippen LogP contribution in [0.25, 0.3) is 0 Å². The maximum atomic E-state index is 12.3. The molecule has 0 heterocycles. The summed E-state index contributed by atoms with van der Waals surface area (Å²) < 4.78 is 5.26. The Bertz CT molecular complexity index is 638. The number of carbonyl (C=O) groups is 1. The monoisotopic (exact) mass is 312 g/mol. The number of carbonyl (C=O) groups excluding carboxylic acids is 1. The Kier molecular flexibility index (Phi) is 6.18. The summed E-state index contributed by atoms with van der Waals surface area (Å²) in [7, 11) is 1.60. The Morgan fingerprint density at radius 1 is 1.13 bits per heavy atom. The molecular weight excluding hydrogens is 288 g/mol. The highest BCUT2D eigenvalue weighted by Crippen LogP contribution is 2.22. The number of methoxy groups -OCH3 is 1. The Labute approximate surface area is 138 Å². The van der Waals surface area contributed by atoms with Crippen molar-refractivity contribution < 1.29 is 9.53 Å². The van der Waals surface area contributed by atoms with E-state index in [1.165, 1.54) is 11.1 Å². The molecule has 23 heavy (non-hydrogen) atoms. The molecule has 1 amide bonds. The van der Waals surface area contributed by atoms with E-state index in [0.29, 0.717) is 18.0 Å². The van der Waals surface area contributed by atoms with Crippen LogP contribution in [0.2, 0.25) is 0 Å². The average Bonchev–Trinajstić information content (AvgIpc) is 2.56. The van der Waals surface area contributed by atoms with Crippen molar-refractivity contribution in [2.75, 3.05) is 25.5 Å². The van der Waals surface area contributed by atoms with Crippen molar-refractivity contribution in [1.82, 2.24) is 4.90 Å². The molecule has 0 saturated heterocycles. The Morgan fingerprint density at radius 3 is 2.48 bits per heavy atom. The number of anilines is 1. The Balaban J connectivity index is 1.95. The second kappa shape index (κ2) is 8.34. The van der Waals surface area contributed by atoms with Crippen LogP contribution in [0.5, 0.6) is 5.75 Å². The van der Waals surface area contributed by atoms with E-state index in [-0.39, 0.29) is 5.91 Å². The number of hydrogen-bond donors (Lipinski definition) is 1. The molecule has 0 aliphatic rings. The lowest BCUT2D eigenvalue weighted by atomic mass is 10.1. The third-order valence-corrected chi connectivity index (χ3v) is 3.72. The van der Waals surface area contributed by atoms with Crippen LogP contribution in [0, 0.1) is 6.92 Å². The van der Waals surface area contributed by atoms with E-state index < -0.39 is 0 Å². The number of likely N-dealkylation sites (N-methyl/N-ethyl adjacent to an activating group) is 1. The molecule has 1 N–H and O–H groups in total. The zero-order valence-corrected chi connectivity index (χ0v) is 14.0. The summed E-state index contributed by atoms with van der Waals surface area (Å²) in [6.45, 7) is 6.05. The number of aryl methyl sites for hydroxylation is 1. The number of ether oxygens (including phenoxy) is 1. The number of amides is 1. The summed E-state index contributed by atoms with van der Waals surface area (Å²) in [5.74, 6) is 0.630. The molecule has 0 fully saturated rings. The van der Waals surface area contributed by atoms with Crippen molar-refractivity contribution in [1.29, 1.82) is 0 Å². The first kappa shape index (κ1) is 17.0. The minimum Gasteiger partial charge on any atom is -0.495 e. The lowest BCUT2D eigenvalue weighted by molar-refractivity contribution is -0.117. The average molecular weight is 312 g/mol. The molecule has 0 atom stereocenters. The van der Waals surface area contributed by atoms with Gasteiger partial charge in [-0.25, -0.2) is 0 Å². The van der Waals surface area contributed by atoms with Crippen LogP contribution in [0.1, 0.15) is 18.1 Å². The summed E-state index contributed by atoms with van der Waals surface area (Å²) in [5, 5.41) is 2.92. The predicted octanol–water partition coefficient (Wildman–Crippen LogP) is 3.46. The highest BCUT2D eigenvalue weighted by molar-refractivity contribution is 5.93. The van der Waals surface area contributed by atoms with Gasteiger partial charge >= 0.3 is 0 Å². The normalized spacial score (nSPS) is 10.6. The maximum absolute atomic E-state index is 12.3. The van der Waals surface area contributed by atoms with Gasteiger partial charge in [0, 0.05) is 6.54 Å². The topological polar surface area (TPSA) is 41.6 Å². The maximum Gasteiger partial charge on any atom is 0.238 e. The minimum absolute atomic E-state index is 0.0385. The Morgan fingerprint density at radius 2 is 1.83 bits per heavy atom. The van der Waals surface area contributed by atoms with Crippen LogP contribution >= 0.6 is 0 Å².